The summed E-state index contributed by atoms with van der Waals surface area (Å²) in [6.45, 7) is 17.7. The fourth-order valence-corrected chi connectivity index (χ4v) is 16.6. The van der Waals surface area contributed by atoms with Gasteiger partial charge in [0.1, 0.15) is 53.1 Å². The van der Waals surface area contributed by atoms with Crippen LogP contribution in [-0.2, 0) is 91.1 Å². The number of hydrogen-bond donors (Lipinski definition) is 5. The van der Waals surface area contributed by atoms with Crippen LogP contribution in [0.3, 0.4) is 0 Å². The molecule has 4 aromatic heterocycles. The minimum Gasteiger partial charge on any atom is -0.460 e. The zero-order valence-corrected chi connectivity index (χ0v) is 68.4. The maximum absolute atomic E-state index is 14.9. The number of Topliss-reactive ketones (excluding diaryl/α,β-unsaturated/α-hetero) is 2. The lowest BCUT2D eigenvalue weighted by Crippen LogP contribution is -2.61. The molecule has 114 heavy (non-hydrogen) atoms. The summed E-state index contributed by atoms with van der Waals surface area (Å²) in [5.41, 5.74) is 18.8. The molecular formula is C83H123N12O19+. The van der Waals surface area contributed by atoms with Crippen molar-refractivity contribution in [3.05, 3.63) is 83.6 Å². The lowest BCUT2D eigenvalue weighted by Gasteiger charge is -2.43. The van der Waals surface area contributed by atoms with Gasteiger partial charge >= 0.3 is 5.97 Å². The van der Waals surface area contributed by atoms with Crippen LogP contribution in [0.5, 0.6) is 0 Å². The predicted molar refractivity (Wildman–Crippen MR) is 423 cm³/mol. The molecule has 5 aliphatic rings. The highest BCUT2D eigenvalue weighted by atomic mass is 16.7. The first-order valence-corrected chi connectivity index (χ1v) is 40.7. The number of fused-ring (bicyclic) bond motifs is 6. The first kappa shape index (κ1) is 88.6. The number of rotatable bonds is 32. The van der Waals surface area contributed by atoms with Crippen LogP contribution in [0.1, 0.15) is 163 Å². The van der Waals surface area contributed by atoms with Gasteiger partial charge in [-0.3, -0.25) is 19.2 Å². The van der Waals surface area contributed by atoms with Gasteiger partial charge in [-0.25, -0.2) is 24.1 Å². The number of nitrogens with two attached hydrogens (primary N) is 2. The third-order valence-corrected chi connectivity index (χ3v) is 23.2. The molecule has 1 amide bonds. The molecule has 4 aliphatic heterocycles. The number of aryl methyl sites for hydroxylation is 1. The van der Waals surface area contributed by atoms with Crippen molar-refractivity contribution < 1.29 is 95.9 Å². The number of aliphatic hydroxyl groups excluding tert-OH is 2. The van der Waals surface area contributed by atoms with E-state index in [-0.39, 0.29) is 79.9 Å². The number of anilines is 2. The Bertz CT molecular complexity index is 4140. The van der Waals surface area contributed by atoms with Gasteiger partial charge in [-0.1, -0.05) is 70.6 Å². The smallest absolute Gasteiger partial charge is 0.329 e. The minimum absolute atomic E-state index is 0.0126. The summed E-state index contributed by atoms with van der Waals surface area (Å²) in [4.78, 5) is 77.8. The van der Waals surface area contributed by atoms with Crippen molar-refractivity contribution in [3.63, 3.8) is 0 Å². The second kappa shape index (κ2) is 42.9. The van der Waals surface area contributed by atoms with Crippen molar-refractivity contribution in [2.75, 3.05) is 99.3 Å². The van der Waals surface area contributed by atoms with Gasteiger partial charge in [0.25, 0.3) is 17.7 Å². The number of carbonyl (C=O) groups is 4. The molecule has 3 fully saturated rings. The number of unbranched alkanes of at least 4 members (excludes halogenated alkanes) is 2. The third-order valence-electron chi connectivity index (χ3n) is 23.2. The number of ketones is 2. The summed E-state index contributed by atoms with van der Waals surface area (Å²) in [6.07, 6.45) is 16.8. The van der Waals surface area contributed by atoms with E-state index in [0.717, 1.165) is 42.5 Å². The summed E-state index contributed by atoms with van der Waals surface area (Å²) < 4.78 is 71.1. The number of ether oxygens (including phenoxy) is 10. The zero-order valence-electron chi connectivity index (χ0n) is 68.4. The van der Waals surface area contributed by atoms with Crippen LogP contribution in [0, 0.1) is 35.5 Å². The number of amides is 1. The number of piperidine rings is 1. The lowest BCUT2D eigenvalue weighted by molar-refractivity contribution is -0.767. The van der Waals surface area contributed by atoms with E-state index in [0.29, 0.717) is 181 Å². The highest BCUT2D eigenvalue weighted by Crippen LogP contribution is 2.40. The van der Waals surface area contributed by atoms with Crippen molar-refractivity contribution >= 4 is 63.1 Å². The lowest BCUT2D eigenvalue weighted by atomic mass is 9.78. The first-order chi connectivity index (χ1) is 54.9. The summed E-state index contributed by atoms with van der Waals surface area (Å²) >= 11 is 0. The fourth-order valence-electron chi connectivity index (χ4n) is 16.6. The van der Waals surface area contributed by atoms with Crippen molar-refractivity contribution in [3.8, 4) is 11.3 Å². The molecule has 31 nitrogen and oxygen atoms in total. The molecule has 31 heteroatoms. The van der Waals surface area contributed by atoms with Crippen LogP contribution in [0.4, 0.5) is 11.8 Å². The Morgan fingerprint density at radius 3 is 2.25 bits per heavy atom. The molecule has 628 valence electrons. The van der Waals surface area contributed by atoms with Gasteiger partial charge in [0.15, 0.2) is 17.3 Å². The van der Waals surface area contributed by atoms with Gasteiger partial charge in [-0.2, -0.15) is 10.1 Å². The van der Waals surface area contributed by atoms with Gasteiger partial charge < -0.3 is 83.5 Å². The van der Waals surface area contributed by atoms with E-state index in [1.54, 1.807) is 57.0 Å². The van der Waals surface area contributed by atoms with Crippen LogP contribution >= 0.6 is 0 Å². The van der Waals surface area contributed by atoms with Crippen LogP contribution in [0.25, 0.3) is 33.4 Å². The first-order valence-electron chi connectivity index (χ1n) is 40.7. The molecule has 1 saturated carbocycles. The summed E-state index contributed by atoms with van der Waals surface area (Å²) in [7, 11) is 6.38. The Hall–Kier alpha value is -7.79. The van der Waals surface area contributed by atoms with E-state index in [1.807, 2.05) is 74.9 Å². The molecule has 0 radical (unpaired) electrons. The van der Waals surface area contributed by atoms with Gasteiger partial charge in [-0.05, 0) is 132 Å². The molecule has 1 aromatic carbocycles. The maximum atomic E-state index is 14.9. The molecular weight excluding hydrogens is 1470 g/mol. The quantitative estimate of drug-likeness (QED) is 0.00881. The Kier molecular flexibility index (Phi) is 33.3. The van der Waals surface area contributed by atoms with Crippen LogP contribution < -0.4 is 11.5 Å². The number of benzene rings is 1. The van der Waals surface area contributed by atoms with Crippen molar-refractivity contribution in [2.45, 2.75) is 238 Å². The second-order valence-electron chi connectivity index (χ2n) is 31.5. The highest BCUT2D eigenvalue weighted by molar-refractivity contribution is 6.39. The number of aromatic nitrogens is 8. The number of cyclic esters (lactones) is 1. The fraction of sp³-hybridized carbons (Fsp3) is 0.675. The third kappa shape index (κ3) is 23.1. The van der Waals surface area contributed by atoms with Crippen LogP contribution in [0.15, 0.2) is 82.4 Å². The average Bonchev–Trinajstić information content (AvgIpc) is 1.71. The summed E-state index contributed by atoms with van der Waals surface area (Å²) in [5, 5.41) is 50.0. The van der Waals surface area contributed by atoms with Gasteiger partial charge in [-0.15, -0.1) is 5.10 Å². The number of methoxy groups -OCH3 is 4. The average molecular weight is 1590 g/mol. The maximum Gasteiger partial charge on any atom is 0.329 e. The van der Waals surface area contributed by atoms with Gasteiger partial charge in [0.2, 0.25) is 23.8 Å². The zero-order chi connectivity index (χ0) is 81.6. The van der Waals surface area contributed by atoms with Crippen molar-refractivity contribution in [1.82, 2.24) is 44.6 Å². The van der Waals surface area contributed by atoms with E-state index in [1.165, 1.54) is 11.2 Å². The molecule has 8 heterocycles. The highest BCUT2D eigenvalue weighted by Gasteiger charge is 2.54. The van der Waals surface area contributed by atoms with Crippen LogP contribution in [-0.4, -0.2) is 242 Å². The number of nitrogens with zero attached hydrogens (tertiary/aromatic N) is 10. The van der Waals surface area contributed by atoms with E-state index in [2.05, 4.69) is 39.1 Å². The Morgan fingerprint density at radius 1 is 0.772 bits per heavy atom. The molecule has 1 aliphatic carbocycles. The van der Waals surface area contributed by atoms with E-state index in [4.69, 9.17) is 73.2 Å². The number of carbonyl (C=O) groups excluding carboxylic acids is 4. The number of hydrogen-bond acceptors (Lipinski definition) is 27. The topological polar surface area (TPSA) is 389 Å². The van der Waals surface area contributed by atoms with Crippen LogP contribution in [0.2, 0.25) is 0 Å². The van der Waals surface area contributed by atoms with Gasteiger partial charge in [0.05, 0.1) is 102 Å². The second-order valence-corrected chi connectivity index (χ2v) is 31.5. The number of allylic oxidation sites excluding steroid dienone is 5. The number of oxazole rings is 1. The molecule has 4 bridgehead atoms. The van der Waals surface area contributed by atoms with Crippen molar-refractivity contribution in [1.29, 1.82) is 0 Å². The molecule has 16 atom stereocenters. The van der Waals surface area contributed by atoms with E-state index >= 15 is 0 Å². The number of esters is 1. The molecule has 7 N–H and O–H groups in total. The largest absolute Gasteiger partial charge is 0.460 e. The Balaban J connectivity index is 0.720. The number of aliphatic hydroxyl groups is 3. The standard InChI is InChI=1S/C83H123N12O19/c1-51-19-14-15-21-64-52(2)41-55(5)74(95(64)111-49-60-48-92(91-89-60)32-34-108-36-38-110-40-39-109-37-35-107-33-29-61(96)20-13-12-17-31-94-79-72(78(84)86-50-87-79)73(90-94)59-25-28-67-63(45-59)88-82(85)113-67)76(106-11)75(98)56(6)42-53(3)69(104-9)47-70(54(4)43-58-24-27-66(97)71(44-58)105-10)112-81(101)65-22-16-18-30-93(65)80(100)77(99)83(102)57(7)23-26-62(114-83)46-68(51)103-8/h14-15,19,21,25,28,42,45,48,50,52-55,57-58,62,65-66,68-71,75-76,97-98,102H,12-13,16-18,20,22-24,26-27,29-41,43-44,46-47,49H2,1-11H3,(H2,85,88)(H2,84,86,87)/q+1/b15-14+,51-19+,56-42+,64-21-/t52-,53+,54+,55+,57+,58-,62-,65-,66+,68-,69+,70?,71+,75+,76-,83+/m0/s1. The van der Waals surface area contributed by atoms with Crippen molar-refractivity contribution in [2.24, 2.45) is 35.5 Å². The molecule has 5 aromatic rings. The molecule has 10 rings (SSSR count). The Labute approximate surface area is 668 Å². The number of nitrogen functional groups attached to an aromatic ring is 2. The monoisotopic (exact) mass is 1590 g/mol. The molecule has 2 saturated heterocycles. The minimum atomic E-state index is -2.46. The van der Waals surface area contributed by atoms with E-state index < -0.39 is 78.1 Å². The predicted octanol–water partition coefficient (Wildman–Crippen LogP) is 8.97. The normalized spacial score (nSPS) is 29.4. The summed E-state index contributed by atoms with van der Waals surface area (Å²) in [5.74, 6) is -6.08. The van der Waals surface area contributed by atoms with Gasteiger partial charge in [0, 0.05) is 107 Å². The Morgan fingerprint density at radius 2 is 1.51 bits per heavy atom. The SMILES string of the molecule is CO[C@H]1C[C@@H]2CC[C@@H](C)[C@@](O)(O2)C(=O)C(=O)N2CCCC[C@H]2C(=O)OC([C@H](C)C[C@@H]2CC[C@@H](O)[C@H](OC)C2)C[C@@H](OC)[C@H](C)/C=C(\C)[C@@H](O)[C@@H](OC)C2=[N+](OCc3cn(CCOCCOCCOCCOCCC(=O)CCCCCn4nc(-c5ccc6oc(N)nc6c5)c5c(N)ncnc54)nn3)\C(=C/C=C/C=C/1C)[C@@H](C)C[C@H]2C. The molecule has 1 unspecified atom stereocenters. The number of hydroxylamine groups is 1. The van der Waals surface area contributed by atoms with E-state index in [9.17, 15) is 34.5 Å². The summed E-state index contributed by atoms with van der Waals surface area (Å²) in [6, 6.07) is 4.50. The molecule has 0 spiro atoms.